The van der Waals surface area contributed by atoms with E-state index in [-0.39, 0.29) is 39.3 Å². The number of rotatable bonds is 9. The van der Waals surface area contributed by atoms with E-state index in [1.807, 2.05) is 13.8 Å². The molecule has 1 N–H and O–H groups in total. The molecule has 1 saturated heterocycles. The number of nitrogens with zero attached hydrogens (tertiary/aromatic N) is 2. The smallest absolute Gasteiger partial charge is 0.434 e. The molecule has 1 aromatic carbocycles. The molecule has 0 saturated carbocycles. The highest BCUT2D eigenvalue weighted by atomic mass is 19.4. The first kappa shape index (κ1) is 33.4. The van der Waals surface area contributed by atoms with E-state index in [1.165, 1.54) is 12.1 Å². The summed E-state index contributed by atoms with van der Waals surface area (Å²) in [4.78, 5) is 26.1. The second-order valence-electron chi connectivity index (χ2n) is 8.80. The molecule has 2 rings (SSSR count). The summed E-state index contributed by atoms with van der Waals surface area (Å²) in [6.07, 6.45) is -15.6. The molecule has 0 atom stereocenters. The number of piperazine rings is 1. The minimum atomic E-state index is -5.79. The molecule has 7 nitrogen and oxygen atoms in total. The summed E-state index contributed by atoms with van der Waals surface area (Å²) in [5.74, 6) is -0.125. The molecule has 14 heteroatoms. The van der Waals surface area contributed by atoms with Crippen LogP contribution in [0.1, 0.15) is 37.8 Å². The lowest BCUT2D eigenvalue weighted by atomic mass is 9.85. The van der Waals surface area contributed by atoms with Gasteiger partial charge in [0.05, 0.1) is 5.41 Å². The lowest BCUT2D eigenvalue weighted by Crippen LogP contribution is -2.52. The SMILES string of the molecule is CCC(C=O)(CC)COc1c(C)cc(F)cc1CN1CCN(C(=O)OC(C(F)(F)F)C(F)(F)F)CC1.CO. The van der Waals surface area contributed by atoms with Gasteiger partial charge in [-0.1, -0.05) is 13.8 Å². The zero-order chi connectivity index (χ0) is 29.3. The van der Waals surface area contributed by atoms with Gasteiger partial charge in [0.25, 0.3) is 6.10 Å². The molecular formula is C24H33F7N2O5. The van der Waals surface area contributed by atoms with E-state index in [0.717, 1.165) is 18.3 Å². The molecular weight excluding hydrogens is 529 g/mol. The van der Waals surface area contributed by atoms with Crippen molar-refractivity contribution in [3.8, 4) is 5.75 Å². The Morgan fingerprint density at radius 3 is 2.00 bits per heavy atom. The van der Waals surface area contributed by atoms with E-state index in [4.69, 9.17) is 9.84 Å². The van der Waals surface area contributed by atoms with Crippen LogP contribution < -0.4 is 4.74 Å². The third kappa shape index (κ3) is 9.00. The number of aliphatic hydroxyl groups is 1. The summed E-state index contributed by atoms with van der Waals surface area (Å²) >= 11 is 0. The summed E-state index contributed by atoms with van der Waals surface area (Å²) in [6, 6.07) is 2.55. The number of aliphatic hydroxyl groups excluding tert-OH is 1. The quantitative estimate of drug-likeness (QED) is 0.342. The van der Waals surface area contributed by atoms with E-state index in [9.17, 15) is 40.3 Å². The summed E-state index contributed by atoms with van der Waals surface area (Å²) < 4.78 is 99.8. The Morgan fingerprint density at radius 1 is 1.03 bits per heavy atom. The molecule has 0 bridgehead atoms. The Balaban J connectivity index is 0.00000352. The Hall–Kier alpha value is -2.61. The van der Waals surface area contributed by atoms with Gasteiger partial charge in [-0.05, 0) is 37.5 Å². The Morgan fingerprint density at radius 2 is 1.55 bits per heavy atom. The van der Waals surface area contributed by atoms with Gasteiger partial charge in [-0.25, -0.2) is 9.18 Å². The summed E-state index contributed by atoms with van der Waals surface area (Å²) in [5.41, 5.74) is 0.267. The van der Waals surface area contributed by atoms with Crippen LogP contribution >= 0.6 is 0 Å². The van der Waals surface area contributed by atoms with E-state index in [0.29, 0.717) is 29.7 Å². The first-order valence-corrected chi connectivity index (χ1v) is 11.8. The molecule has 0 aromatic heterocycles. The predicted molar refractivity (Wildman–Crippen MR) is 123 cm³/mol. The van der Waals surface area contributed by atoms with Gasteiger partial charge in [-0.3, -0.25) is 4.90 Å². The Kier molecular flexibility index (Phi) is 12.3. The number of halogens is 7. The third-order valence-corrected chi connectivity index (χ3v) is 6.32. The first-order chi connectivity index (χ1) is 17.7. The predicted octanol–water partition coefficient (Wildman–Crippen LogP) is 4.87. The number of ether oxygens (including phenoxy) is 2. The average molecular weight is 563 g/mol. The van der Waals surface area contributed by atoms with Crippen LogP contribution in [0.15, 0.2) is 12.1 Å². The van der Waals surface area contributed by atoms with E-state index < -0.39 is 35.8 Å². The average Bonchev–Trinajstić information content (AvgIpc) is 2.85. The van der Waals surface area contributed by atoms with E-state index in [1.54, 1.807) is 11.8 Å². The van der Waals surface area contributed by atoms with Crippen LogP contribution in [0, 0.1) is 18.2 Å². The second-order valence-corrected chi connectivity index (χ2v) is 8.80. The lowest BCUT2D eigenvalue weighted by Gasteiger charge is -2.35. The van der Waals surface area contributed by atoms with Gasteiger partial charge in [0.2, 0.25) is 0 Å². The maximum Gasteiger partial charge on any atom is 0.434 e. The molecule has 0 spiro atoms. The zero-order valence-electron chi connectivity index (χ0n) is 21.6. The molecule has 0 unspecified atom stereocenters. The first-order valence-electron chi connectivity index (χ1n) is 11.8. The minimum Gasteiger partial charge on any atom is -0.492 e. The van der Waals surface area contributed by atoms with Crippen molar-refractivity contribution in [2.24, 2.45) is 5.41 Å². The molecule has 1 amide bonds. The molecule has 1 heterocycles. The molecule has 0 radical (unpaired) electrons. The number of hydrogen-bond acceptors (Lipinski definition) is 6. The third-order valence-electron chi connectivity index (χ3n) is 6.32. The summed E-state index contributed by atoms with van der Waals surface area (Å²) in [6.45, 7) is 5.40. The number of alkyl halides is 6. The highest BCUT2D eigenvalue weighted by Crippen LogP contribution is 2.36. The monoisotopic (exact) mass is 562 g/mol. The van der Waals surface area contributed by atoms with Crippen molar-refractivity contribution < 1.29 is 54.9 Å². The molecule has 218 valence electrons. The zero-order valence-corrected chi connectivity index (χ0v) is 21.6. The van der Waals surface area contributed by atoms with Crippen LogP contribution in [-0.2, 0) is 16.1 Å². The van der Waals surface area contributed by atoms with Gasteiger partial charge < -0.3 is 24.3 Å². The topological polar surface area (TPSA) is 79.3 Å². The van der Waals surface area contributed by atoms with Gasteiger partial charge >= 0.3 is 18.4 Å². The van der Waals surface area contributed by atoms with Crippen LogP contribution in [0.25, 0.3) is 0 Å². The fourth-order valence-corrected chi connectivity index (χ4v) is 3.82. The highest BCUT2D eigenvalue weighted by molar-refractivity contribution is 5.68. The number of carbonyl (C=O) groups excluding carboxylic acids is 2. The molecule has 1 aromatic rings. The number of aldehydes is 1. The van der Waals surface area contributed by atoms with Gasteiger partial charge in [-0.2, -0.15) is 26.3 Å². The van der Waals surface area contributed by atoms with Crippen molar-refractivity contribution in [1.29, 1.82) is 0 Å². The number of aryl methyl sites for hydroxylation is 1. The number of hydrogen-bond donors (Lipinski definition) is 1. The van der Waals surface area contributed by atoms with Crippen LogP contribution in [0.2, 0.25) is 0 Å². The van der Waals surface area contributed by atoms with Gasteiger partial charge in [0.1, 0.15) is 24.5 Å². The fourth-order valence-electron chi connectivity index (χ4n) is 3.82. The van der Waals surface area contributed by atoms with Gasteiger partial charge in [0, 0.05) is 45.4 Å². The van der Waals surface area contributed by atoms with Gasteiger partial charge in [-0.15, -0.1) is 0 Å². The van der Waals surface area contributed by atoms with Crippen LogP contribution in [0.4, 0.5) is 35.5 Å². The maximum atomic E-state index is 14.1. The van der Waals surface area contributed by atoms with E-state index >= 15 is 0 Å². The van der Waals surface area contributed by atoms with Crippen molar-refractivity contribution in [3.63, 3.8) is 0 Å². The Labute approximate surface area is 216 Å². The summed E-state index contributed by atoms with van der Waals surface area (Å²) in [5, 5.41) is 7.00. The number of carbonyl (C=O) groups is 2. The van der Waals surface area contributed by atoms with Crippen LogP contribution in [0.3, 0.4) is 0 Å². The number of benzene rings is 1. The molecule has 0 aliphatic carbocycles. The largest absolute Gasteiger partial charge is 0.492 e. The maximum absolute atomic E-state index is 14.1. The molecule has 1 aliphatic rings. The molecule has 1 fully saturated rings. The minimum absolute atomic E-state index is 0.0855. The van der Waals surface area contributed by atoms with Crippen molar-refractivity contribution >= 4 is 12.4 Å². The lowest BCUT2D eigenvalue weighted by molar-refractivity contribution is -0.308. The van der Waals surface area contributed by atoms with Crippen molar-refractivity contribution in [3.05, 3.63) is 29.1 Å². The van der Waals surface area contributed by atoms with Crippen molar-refractivity contribution in [1.82, 2.24) is 9.80 Å². The number of amides is 1. The normalized spacial score (nSPS) is 15.1. The highest BCUT2D eigenvalue weighted by Gasteiger charge is 2.60. The molecule has 38 heavy (non-hydrogen) atoms. The van der Waals surface area contributed by atoms with Crippen LogP contribution in [0.5, 0.6) is 5.75 Å². The second kappa shape index (κ2) is 14.0. The van der Waals surface area contributed by atoms with Crippen LogP contribution in [-0.4, -0.2) is 85.6 Å². The summed E-state index contributed by atoms with van der Waals surface area (Å²) in [7, 11) is 1.00. The fraction of sp³-hybridized carbons (Fsp3) is 0.667. The van der Waals surface area contributed by atoms with Crippen molar-refractivity contribution in [2.45, 2.75) is 58.6 Å². The standard InChI is InChI=1S/C23H29F7N2O4.CH4O/c1-4-21(5-2,13-33)14-35-18-15(3)10-17(24)11-16(18)12-31-6-8-32(9-7-31)20(34)36-19(22(25,26)27)23(28,29)30;1-2/h10-11,13,19H,4-9,12,14H2,1-3H3;2H,1H3. The van der Waals surface area contributed by atoms with E-state index in [2.05, 4.69) is 4.74 Å². The molecule has 1 aliphatic heterocycles. The van der Waals surface area contributed by atoms with Gasteiger partial charge in [0.15, 0.2) is 0 Å². The van der Waals surface area contributed by atoms with Crippen molar-refractivity contribution in [2.75, 3.05) is 39.9 Å². The Bertz CT molecular complexity index is 899.